The summed E-state index contributed by atoms with van der Waals surface area (Å²) in [5, 5.41) is 7.71. The Kier molecular flexibility index (Phi) is 3.20. The molecule has 0 amide bonds. The monoisotopic (exact) mass is 315 g/mol. The summed E-state index contributed by atoms with van der Waals surface area (Å²) < 4.78 is 8.59. The van der Waals surface area contributed by atoms with Crippen LogP contribution in [0.1, 0.15) is 5.82 Å². The van der Waals surface area contributed by atoms with Crippen molar-refractivity contribution in [2.45, 2.75) is 6.61 Å². The van der Waals surface area contributed by atoms with Gasteiger partial charge < -0.3 is 9.30 Å². The lowest BCUT2D eigenvalue weighted by atomic mass is 10.3. The normalized spacial score (nSPS) is 10.3. The number of benzene rings is 1. The van der Waals surface area contributed by atoms with Crippen LogP contribution in [0.15, 0.2) is 30.6 Å². The minimum atomic E-state index is 0.442. The van der Waals surface area contributed by atoms with Crippen LogP contribution in [0.5, 0.6) is 5.75 Å². The van der Waals surface area contributed by atoms with Gasteiger partial charge in [0.15, 0.2) is 5.82 Å². The van der Waals surface area contributed by atoms with Crippen molar-refractivity contribution in [2.24, 2.45) is 7.05 Å². The van der Waals surface area contributed by atoms with E-state index in [1.54, 1.807) is 6.33 Å². The van der Waals surface area contributed by atoms with Crippen molar-refractivity contribution in [3.63, 3.8) is 0 Å². The van der Waals surface area contributed by atoms with Gasteiger partial charge in [-0.25, -0.2) is 0 Å². The fourth-order valence-corrected chi connectivity index (χ4v) is 1.48. The zero-order valence-electron chi connectivity index (χ0n) is 8.22. The summed E-state index contributed by atoms with van der Waals surface area (Å²) in [5.74, 6) is 1.66. The zero-order valence-corrected chi connectivity index (χ0v) is 10.4. The Morgan fingerprint density at radius 3 is 2.67 bits per heavy atom. The molecule has 0 atom stereocenters. The van der Waals surface area contributed by atoms with E-state index in [1.807, 2.05) is 35.9 Å². The summed E-state index contributed by atoms with van der Waals surface area (Å²) in [4.78, 5) is 0. The summed E-state index contributed by atoms with van der Waals surface area (Å²) in [7, 11) is 1.90. The Morgan fingerprint density at radius 2 is 2.07 bits per heavy atom. The molecule has 1 heterocycles. The molecule has 0 saturated carbocycles. The van der Waals surface area contributed by atoms with Crippen molar-refractivity contribution < 1.29 is 4.74 Å². The molecular formula is C10H10IN3O. The fourth-order valence-electron chi connectivity index (χ4n) is 1.12. The van der Waals surface area contributed by atoms with Gasteiger partial charge in [0, 0.05) is 10.6 Å². The van der Waals surface area contributed by atoms with Crippen LogP contribution in [0, 0.1) is 3.57 Å². The average molecular weight is 315 g/mol. The predicted octanol–water partition coefficient (Wildman–Crippen LogP) is 2.00. The first kappa shape index (κ1) is 10.4. The van der Waals surface area contributed by atoms with Crippen molar-refractivity contribution in [3.8, 4) is 5.75 Å². The lowest BCUT2D eigenvalue weighted by molar-refractivity contribution is 0.291. The molecule has 0 N–H and O–H groups in total. The van der Waals surface area contributed by atoms with E-state index in [9.17, 15) is 0 Å². The lowest BCUT2D eigenvalue weighted by Crippen LogP contribution is -2.02. The lowest BCUT2D eigenvalue weighted by Gasteiger charge is -2.04. The Bertz CT molecular complexity index is 438. The topological polar surface area (TPSA) is 39.9 Å². The van der Waals surface area contributed by atoms with Crippen molar-refractivity contribution >= 4 is 22.6 Å². The quantitative estimate of drug-likeness (QED) is 0.814. The fraction of sp³-hybridized carbons (Fsp3) is 0.200. The van der Waals surface area contributed by atoms with Crippen LogP contribution < -0.4 is 4.74 Å². The smallest absolute Gasteiger partial charge is 0.170 e. The molecule has 0 bridgehead atoms. The van der Waals surface area contributed by atoms with Gasteiger partial charge in [0.2, 0.25) is 0 Å². The van der Waals surface area contributed by atoms with Crippen molar-refractivity contribution in [3.05, 3.63) is 40.0 Å². The van der Waals surface area contributed by atoms with Crippen molar-refractivity contribution in [1.29, 1.82) is 0 Å². The number of rotatable bonds is 3. The third-order valence-corrected chi connectivity index (χ3v) is 2.71. The van der Waals surface area contributed by atoms with Crippen LogP contribution in [0.3, 0.4) is 0 Å². The van der Waals surface area contributed by atoms with Crippen LogP contribution >= 0.6 is 22.6 Å². The molecule has 0 radical (unpaired) electrons. The molecule has 0 aliphatic carbocycles. The number of halogens is 1. The summed E-state index contributed by atoms with van der Waals surface area (Å²) in [6.07, 6.45) is 1.66. The third kappa shape index (κ3) is 2.68. The Hall–Kier alpha value is -1.11. The highest BCUT2D eigenvalue weighted by Gasteiger charge is 2.01. The van der Waals surface area contributed by atoms with Crippen LogP contribution in [-0.2, 0) is 13.7 Å². The Morgan fingerprint density at radius 1 is 1.33 bits per heavy atom. The standard InChI is InChI=1S/C10H10IN3O/c1-14-7-12-13-10(14)6-15-9-4-2-8(11)3-5-9/h2-5,7H,6H2,1H3. The van der Waals surface area contributed by atoms with Gasteiger partial charge in [0.1, 0.15) is 18.7 Å². The van der Waals surface area contributed by atoms with Crippen LogP contribution in [0.4, 0.5) is 0 Å². The molecule has 0 aliphatic heterocycles. The first-order valence-electron chi connectivity index (χ1n) is 4.47. The second kappa shape index (κ2) is 4.61. The van der Waals surface area contributed by atoms with E-state index in [-0.39, 0.29) is 0 Å². The van der Waals surface area contributed by atoms with Crippen LogP contribution in [0.25, 0.3) is 0 Å². The van der Waals surface area contributed by atoms with Gasteiger partial charge in [-0.15, -0.1) is 10.2 Å². The minimum Gasteiger partial charge on any atom is -0.486 e. The van der Waals surface area contributed by atoms with E-state index < -0.39 is 0 Å². The van der Waals surface area contributed by atoms with Gasteiger partial charge in [-0.3, -0.25) is 0 Å². The highest BCUT2D eigenvalue weighted by atomic mass is 127. The van der Waals surface area contributed by atoms with Gasteiger partial charge in [-0.05, 0) is 46.9 Å². The predicted molar refractivity (Wildman–Crippen MR) is 64.5 cm³/mol. The van der Waals surface area contributed by atoms with Gasteiger partial charge >= 0.3 is 0 Å². The molecule has 1 aromatic heterocycles. The van der Waals surface area contributed by atoms with Gasteiger partial charge in [-0.2, -0.15) is 0 Å². The number of hydrogen-bond donors (Lipinski definition) is 0. The number of hydrogen-bond acceptors (Lipinski definition) is 3. The largest absolute Gasteiger partial charge is 0.486 e. The molecule has 0 fully saturated rings. The second-order valence-corrected chi connectivity index (χ2v) is 4.35. The number of aromatic nitrogens is 3. The second-order valence-electron chi connectivity index (χ2n) is 3.10. The summed E-state index contributed by atoms with van der Waals surface area (Å²) in [6.45, 7) is 0.442. The van der Waals surface area contributed by atoms with Crippen LogP contribution in [0.2, 0.25) is 0 Å². The van der Waals surface area contributed by atoms with Gasteiger partial charge in [-0.1, -0.05) is 0 Å². The molecule has 0 aliphatic rings. The number of nitrogens with zero attached hydrogens (tertiary/aromatic N) is 3. The highest BCUT2D eigenvalue weighted by molar-refractivity contribution is 14.1. The molecule has 2 aromatic rings. The van der Waals surface area contributed by atoms with Crippen molar-refractivity contribution in [2.75, 3.05) is 0 Å². The minimum absolute atomic E-state index is 0.442. The van der Waals surface area contributed by atoms with E-state index in [0.29, 0.717) is 6.61 Å². The number of aryl methyl sites for hydroxylation is 1. The molecule has 78 valence electrons. The van der Waals surface area contributed by atoms with E-state index in [0.717, 1.165) is 11.6 Å². The summed E-state index contributed by atoms with van der Waals surface area (Å²) >= 11 is 2.26. The van der Waals surface area contributed by atoms with E-state index >= 15 is 0 Å². The van der Waals surface area contributed by atoms with Crippen molar-refractivity contribution in [1.82, 2.24) is 14.8 Å². The Balaban J connectivity index is 1.99. The third-order valence-electron chi connectivity index (χ3n) is 1.99. The van der Waals surface area contributed by atoms with E-state index in [1.165, 1.54) is 3.57 Å². The molecular weight excluding hydrogens is 305 g/mol. The summed E-state index contributed by atoms with van der Waals surface area (Å²) in [6, 6.07) is 7.90. The molecule has 0 spiro atoms. The van der Waals surface area contributed by atoms with E-state index in [4.69, 9.17) is 4.74 Å². The van der Waals surface area contributed by atoms with Crippen LogP contribution in [-0.4, -0.2) is 14.8 Å². The maximum absolute atomic E-state index is 5.56. The molecule has 2 rings (SSSR count). The average Bonchev–Trinajstić information content (AvgIpc) is 2.63. The molecule has 15 heavy (non-hydrogen) atoms. The van der Waals surface area contributed by atoms with E-state index in [2.05, 4.69) is 32.8 Å². The first-order valence-corrected chi connectivity index (χ1v) is 5.55. The first-order chi connectivity index (χ1) is 7.25. The molecule has 4 nitrogen and oxygen atoms in total. The SMILES string of the molecule is Cn1cnnc1COc1ccc(I)cc1. The number of ether oxygens (including phenoxy) is 1. The molecule has 5 heteroatoms. The Labute approximate surface area is 101 Å². The summed E-state index contributed by atoms with van der Waals surface area (Å²) in [5.41, 5.74) is 0. The highest BCUT2D eigenvalue weighted by Crippen LogP contribution is 2.14. The van der Waals surface area contributed by atoms with Gasteiger partial charge in [0.05, 0.1) is 0 Å². The zero-order chi connectivity index (χ0) is 10.7. The van der Waals surface area contributed by atoms with Gasteiger partial charge in [0.25, 0.3) is 0 Å². The maximum Gasteiger partial charge on any atom is 0.170 e. The maximum atomic E-state index is 5.56. The molecule has 0 saturated heterocycles. The molecule has 0 unspecified atom stereocenters. The molecule has 1 aromatic carbocycles.